The van der Waals surface area contributed by atoms with Gasteiger partial charge in [-0.15, -0.1) is 0 Å². The van der Waals surface area contributed by atoms with E-state index in [1.54, 1.807) is 6.07 Å². The molecule has 2 aliphatic rings. The summed E-state index contributed by atoms with van der Waals surface area (Å²) >= 11 is 0. The van der Waals surface area contributed by atoms with Crippen LogP contribution in [-0.4, -0.2) is 27.9 Å². The maximum absolute atomic E-state index is 13.0. The molecule has 2 aromatic heterocycles. The van der Waals surface area contributed by atoms with Crippen molar-refractivity contribution in [1.82, 2.24) is 4.57 Å². The molecule has 7 heteroatoms. The van der Waals surface area contributed by atoms with E-state index in [0.717, 1.165) is 63.5 Å². The fourth-order valence-electron chi connectivity index (χ4n) is 5.68. The predicted octanol–water partition coefficient (Wildman–Crippen LogP) is 5.09. The van der Waals surface area contributed by atoms with Gasteiger partial charge < -0.3 is 19.1 Å². The molecule has 2 N–H and O–H groups in total. The summed E-state index contributed by atoms with van der Waals surface area (Å²) in [4.78, 5) is 28.6. The number of H-pyrrole nitrogens is 1. The number of carboxylic acids is 1. The molecule has 4 aromatic rings. The highest BCUT2D eigenvalue weighted by atomic mass is 16.5. The number of ether oxygens (including phenoxy) is 2. The van der Waals surface area contributed by atoms with Crippen molar-refractivity contribution in [2.75, 3.05) is 6.61 Å². The number of aromatic amines is 1. The molecule has 0 unspecified atom stereocenters. The third-order valence-corrected chi connectivity index (χ3v) is 7.47. The van der Waals surface area contributed by atoms with Crippen LogP contribution in [-0.2, 0) is 24.2 Å². The van der Waals surface area contributed by atoms with Gasteiger partial charge in [-0.3, -0.25) is 9.59 Å². The molecule has 1 saturated carbocycles. The smallest absolute Gasteiger partial charge is 0.307 e. The average molecular weight is 514 g/mol. The highest BCUT2D eigenvalue weighted by Crippen LogP contribution is 2.48. The summed E-state index contributed by atoms with van der Waals surface area (Å²) in [6.07, 6.45) is 4.81. The van der Waals surface area contributed by atoms with Gasteiger partial charge >= 0.3 is 5.97 Å². The second kappa shape index (κ2) is 8.86. The van der Waals surface area contributed by atoms with Crippen molar-refractivity contribution in [1.29, 1.82) is 0 Å². The number of aromatic nitrogens is 2. The van der Waals surface area contributed by atoms with Crippen LogP contribution in [0.15, 0.2) is 41.3 Å². The van der Waals surface area contributed by atoms with Crippen molar-refractivity contribution < 1.29 is 24.4 Å². The summed E-state index contributed by atoms with van der Waals surface area (Å²) in [6.45, 7) is 9.17. The number of pyridine rings is 2. The van der Waals surface area contributed by atoms with Gasteiger partial charge in [0.15, 0.2) is 6.20 Å². The van der Waals surface area contributed by atoms with Crippen LogP contribution in [0.4, 0.5) is 0 Å². The van der Waals surface area contributed by atoms with Gasteiger partial charge in [0, 0.05) is 42.1 Å². The number of benzene rings is 2. The monoisotopic (exact) mass is 513 g/mol. The van der Waals surface area contributed by atoms with Crippen molar-refractivity contribution in [2.45, 2.75) is 65.5 Å². The van der Waals surface area contributed by atoms with E-state index in [0.29, 0.717) is 30.4 Å². The first kappa shape index (κ1) is 24.5. The summed E-state index contributed by atoms with van der Waals surface area (Å²) in [5, 5.41) is 11.8. The van der Waals surface area contributed by atoms with Crippen molar-refractivity contribution in [3.05, 3.63) is 63.6 Å². The number of aliphatic carboxylic acids is 1. The third kappa shape index (κ3) is 4.30. The van der Waals surface area contributed by atoms with Crippen LogP contribution in [0.2, 0.25) is 0 Å². The molecule has 0 amide bonds. The van der Waals surface area contributed by atoms with Crippen LogP contribution >= 0.6 is 0 Å². The zero-order valence-electron chi connectivity index (χ0n) is 22.3. The Morgan fingerprint density at radius 1 is 1.18 bits per heavy atom. The molecule has 0 saturated heterocycles. The van der Waals surface area contributed by atoms with E-state index in [-0.39, 0.29) is 12.0 Å². The van der Waals surface area contributed by atoms with Crippen LogP contribution in [0.3, 0.4) is 0 Å². The Morgan fingerprint density at radius 3 is 2.68 bits per heavy atom. The zero-order valence-corrected chi connectivity index (χ0v) is 22.3. The van der Waals surface area contributed by atoms with Crippen LogP contribution < -0.4 is 20.0 Å². The number of rotatable bonds is 6. The Balaban J connectivity index is 1.78. The highest BCUT2D eigenvalue weighted by Gasteiger charge is 2.31. The Labute approximate surface area is 221 Å². The third-order valence-electron chi connectivity index (χ3n) is 7.47. The Hall–Kier alpha value is -3.87. The number of fused-ring (bicyclic) bond motifs is 1. The molecule has 0 radical (unpaired) electrons. The Kier molecular flexibility index (Phi) is 5.70. The van der Waals surface area contributed by atoms with Gasteiger partial charge in [0.05, 0.1) is 29.5 Å². The molecule has 1 fully saturated rings. The highest BCUT2D eigenvalue weighted by molar-refractivity contribution is 6.09. The lowest BCUT2D eigenvalue weighted by Crippen LogP contribution is -2.24. The summed E-state index contributed by atoms with van der Waals surface area (Å²) in [5.74, 6) is 0.970. The number of hydrogen-bond acceptors (Lipinski definition) is 4. The van der Waals surface area contributed by atoms with Gasteiger partial charge in [0.1, 0.15) is 17.1 Å². The van der Waals surface area contributed by atoms with E-state index in [2.05, 4.69) is 11.1 Å². The fourth-order valence-corrected chi connectivity index (χ4v) is 5.68. The van der Waals surface area contributed by atoms with Crippen molar-refractivity contribution >= 4 is 27.8 Å². The summed E-state index contributed by atoms with van der Waals surface area (Å²) in [7, 11) is 0. The van der Waals surface area contributed by atoms with Gasteiger partial charge in [-0.1, -0.05) is 0 Å². The quantitative estimate of drug-likeness (QED) is 0.388. The first-order valence-electron chi connectivity index (χ1n) is 13.3. The number of carboxylic acid groups (broad SMARTS) is 1. The molecule has 0 atom stereocenters. The second-order valence-corrected chi connectivity index (χ2v) is 11.6. The van der Waals surface area contributed by atoms with Gasteiger partial charge in [0.2, 0.25) is 5.52 Å². The van der Waals surface area contributed by atoms with E-state index in [9.17, 15) is 14.7 Å². The average Bonchev–Trinajstić information content (AvgIpc) is 3.66. The largest absolute Gasteiger partial charge is 0.492 e. The van der Waals surface area contributed by atoms with Gasteiger partial charge in [-0.25, -0.2) is 4.98 Å². The summed E-state index contributed by atoms with van der Waals surface area (Å²) in [6, 6.07) is 9.44. The molecule has 1 aliphatic carbocycles. The maximum Gasteiger partial charge on any atom is 0.307 e. The lowest BCUT2D eigenvalue weighted by atomic mass is 9.87. The first-order chi connectivity index (χ1) is 18.1. The normalized spacial score (nSPS) is 15.1. The molecule has 6 rings (SSSR count). The van der Waals surface area contributed by atoms with E-state index < -0.39 is 11.6 Å². The topological polar surface area (TPSA) is 91.9 Å². The lowest BCUT2D eigenvalue weighted by molar-refractivity contribution is -0.344. The standard InChI is InChI=1S/C31H32N2O5/c1-17-13-22-20(7-8-25(34)33(22)16-18-5-6-18)28(21(17)14-26(35)36)29-24(38-31(2,3)4)15-23-27-19(10-12-37-23)9-11-32-30(27)29/h7-9,11,13,15,18H,5-6,10,12,14,16H2,1-4H3,(H,35,36)/p+1. The zero-order chi connectivity index (χ0) is 26.8. The number of nitrogens with one attached hydrogen (secondary N) is 1. The Bertz CT molecular complexity index is 1670. The minimum atomic E-state index is -0.909. The first-order valence-corrected chi connectivity index (χ1v) is 13.3. The minimum Gasteiger partial charge on any atom is -0.492 e. The van der Waals surface area contributed by atoms with Crippen LogP contribution in [0, 0.1) is 12.8 Å². The maximum atomic E-state index is 13.0. The molecular formula is C31H33N2O5+. The van der Waals surface area contributed by atoms with E-state index in [1.165, 1.54) is 5.56 Å². The fraction of sp³-hybridized carbons (Fsp3) is 0.387. The SMILES string of the molecule is Cc1cc2c(ccc(=O)n2CC2CC2)c(-c2c(OC(C)(C)C)cc3c4c(cc[nH+]c24)CCO3)c1CC(=O)O. The lowest BCUT2D eigenvalue weighted by Gasteiger charge is -2.27. The number of hydrogen-bond donors (Lipinski definition) is 1. The molecular weight excluding hydrogens is 480 g/mol. The number of aryl methyl sites for hydroxylation is 1. The molecule has 0 bridgehead atoms. The number of carbonyl (C=O) groups is 1. The van der Waals surface area contributed by atoms with E-state index >= 15 is 0 Å². The van der Waals surface area contributed by atoms with E-state index in [4.69, 9.17) is 9.47 Å². The predicted molar refractivity (Wildman–Crippen MR) is 146 cm³/mol. The van der Waals surface area contributed by atoms with Crippen LogP contribution in [0.1, 0.15) is 50.3 Å². The molecule has 1 aliphatic heterocycles. The molecule has 7 nitrogen and oxygen atoms in total. The molecule has 3 heterocycles. The van der Waals surface area contributed by atoms with Crippen molar-refractivity contribution in [3.8, 4) is 22.6 Å². The van der Waals surface area contributed by atoms with Crippen molar-refractivity contribution in [2.24, 2.45) is 5.92 Å². The van der Waals surface area contributed by atoms with Crippen LogP contribution in [0.5, 0.6) is 11.5 Å². The molecule has 38 heavy (non-hydrogen) atoms. The van der Waals surface area contributed by atoms with Gasteiger partial charge in [-0.05, 0) is 75.3 Å². The summed E-state index contributed by atoms with van der Waals surface area (Å²) < 4.78 is 14.5. The van der Waals surface area contributed by atoms with Gasteiger partial charge in [-0.2, -0.15) is 0 Å². The molecule has 196 valence electrons. The Morgan fingerprint density at radius 2 is 1.97 bits per heavy atom. The van der Waals surface area contributed by atoms with Crippen molar-refractivity contribution in [3.63, 3.8) is 0 Å². The molecule has 0 spiro atoms. The van der Waals surface area contributed by atoms with Crippen LogP contribution in [0.25, 0.3) is 32.9 Å². The van der Waals surface area contributed by atoms with Gasteiger partial charge in [0.25, 0.3) is 5.56 Å². The van der Waals surface area contributed by atoms with E-state index in [1.807, 2.05) is 56.7 Å². The second-order valence-electron chi connectivity index (χ2n) is 11.6. The number of nitrogens with zero attached hydrogens (tertiary/aromatic N) is 1. The minimum absolute atomic E-state index is 0.0382. The molecule has 2 aromatic carbocycles. The summed E-state index contributed by atoms with van der Waals surface area (Å²) in [5.41, 5.74) is 5.43.